The molecule has 0 amide bonds. The molecule has 0 saturated carbocycles. The highest BCUT2D eigenvalue weighted by molar-refractivity contribution is 5.58. The first kappa shape index (κ1) is 12.8. The van der Waals surface area contributed by atoms with Gasteiger partial charge in [-0.15, -0.1) is 0 Å². The average molecular weight is 253 g/mol. The summed E-state index contributed by atoms with van der Waals surface area (Å²) in [6.07, 6.45) is 5.99. The molecular formula is C14H15N5. The number of nitrogens with zero attached hydrogens (tertiary/aromatic N) is 4. The lowest BCUT2D eigenvalue weighted by molar-refractivity contribution is 0.857. The molecule has 2 rings (SSSR count). The fraction of sp³-hybridized carbons (Fsp3) is 0.214. The third-order valence-electron chi connectivity index (χ3n) is 2.86. The van der Waals surface area contributed by atoms with Crippen molar-refractivity contribution in [1.29, 1.82) is 5.26 Å². The van der Waals surface area contributed by atoms with Gasteiger partial charge >= 0.3 is 0 Å². The number of anilines is 2. The topological polar surface area (TPSA) is 78.8 Å². The van der Waals surface area contributed by atoms with Crippen molar-refractivity contribution in [3.8, 4) is 6.07 Å². The molecule has 5 heteroatoms. The first-order chi connectivity index (χ1) is 9.20. The molecule has 19 heavy (non-hydrogen) atoms. The number of nitriles is 1. The van der Waals surface area contributed by atoms with Crippen LogP contribution >= 0.6 is 0 Å². The second kappa shape index (κ2) is 5.83. The summed E-state index contributed by atoms with van der Waals surface area (Å²) in [6.45, 7) is 0.773. The van der Waals surface area contributed by atoms with E-state index in [1.165, 1.54) is 5.56 Å². The molecule has 2 heterocycles. The molecule has 0 fully saturated rings. The number of nitrogen functional groups attached to an aromatic ring is 1. The second-order valence-electron chi connectivity index (χ2n) is 4.28. The standard InChI is InChI=1S/C14H15N5/c1-19(7-4-11-2-5-17-6-3-11)14-12(9-15)8-13(16)10-18-14/h2-3,5-6,8,10H,4,7,16H2,1H3. The Kier molecular flexibility index (Phi) is 3.94. The highest BCUT2D eigenvalue weighted by atomic mass is 15.2. The van der Waals surface area contributed by atoms with Gasteiger partial charge in [0.25, 0.3) is 0 Å². The van der Waals surface area contributed by atoms with Gasteiger partial charge in [-0.1, -0.05) is 0 Å². The number of pyridine rings is 2. The Hall–Kier alpha value is -2.61. The summed E-state index contributed by atoms with van der Waals surface area (Å²) in [4.78, 5) is 10.2. The maximum atomic E-state index is 9.10. The number of aromatic nitrogens is 2. The quantitative estimate of drug-likeness (QED) is 0.895. The molecule has 0 spiro atoms. The van der Waals surface area contributed by atoms with E-state index in [1.807, 2.05) is 24.1 Å². The van der Waals surface area contributed by atoms with Gasteiger partial charge in [0.05, 0.1) is 17.4 Å². The number of nitrogens with two attached hydrogens (primary N) is 1. The van der Waals surface area contributed by atoms with Crippen molar-refractivity contribution in [2.45, 2.75) is 6.42 Å². The number of rotatable bonds is 4. The van der Waals surface area contributed by atoms with Crippen molar-refractivity contribution in [2.75, 3.05) is 24.2 Å². The number of hydrogen-bond donors (Lipinski definition) is 1. The number of hydrogen-bond acceptors (Lipinski definition) is 5. The van der Waals surface area contributed by atoms with Crippen LogP contribution in [0.5, 0.6) is 0 Å². The first-order valence-electron chi connectivity index (χ1n) is 5.96. The Bertz CT molecular complexity index is 589. The van der Waals surface area contributed by atoms with Gasteiger partial charge in [-0.3, -0.25) is 4.98 Å². The van der Waals surface area contributed by atoms with Crippen LogP contribution in [0.25, 0.3) is 0 Å². The molecule has 96 valence electrons. The first-order valence-corrected chi connectivity index (χ1v) is 5.96. The molecule has 0 atom stereocenters. The Morgan fingerprint density at radius 3 is 2.79 bits per heavy atom. The average Bonchev–Trinajstić information content (AvgIpc) is 2.45. The Morgan fingerprint density at radius 2 is 2.11 bits per heavy atom. The predicted octanol–water partition coefficient (Wildman–Crippen LogP) is 1.61. The van der Waals surface area contributed by atoms with Gasteiger partial charge in [0.1, 0.15) is 11.9 Å². The summed E-state index contributed by atoms with van der Waals surface area (Å²) in [5, 5.41) is 9.10. The van der Waals surface area contributed by atoms with E-state index in [0.717, 1.165) is 13.0 Å². The van der Waals surface area contributed by atoms with Crippen LogP contribution in [0.4, 0.5) is 11.5 Å². The van der Waals surface area contributed by atoms with E-state index in [9.17, 15) is 0 Å². The Labute approximate surface area is 112 Å². The summed E-state index contributed by atoms with van der Waals surface area (Å²) in [5.41, 5.74) is 7.83. The number of likely N-dealkylation sites (N-methyl/N-ethyl adjacent to an activating group) is 1. The van der Waals surface area contributed by atoms with Crippen LogP contribution < -0.4 is 10.6 Å². The molecular weight excluding hydrogens is 238 g/mol. The van der Waals surface area contributed by atoms with Crippen molar-refractivity contribution in [3.05, 3.63) is 47.9 Å². The second-order valence-corrected chi connectivity index (χ2v) is 4.28. The van der Waals surface area contributed by atoms with Crippen LogP contribution in [-0.2, 0) is 6.42 Å². The third-order valence-corrected chi connectivity index (χ3v) is 2.86. The van der Waals surface area contributed by atoms with E-state index in [-0.39, 0.29) is 0 Å². The van der Waals surface area contributed by atoms with Crippen molar-refractivity contribution < 1.29 is 0 Å². The summed E-state index contributed by atoms with van der Waals surface area (Å²) < 4.78 is 0. The molecule has 0 bridgehead atoms. The summed E-state index contributed by atoms with van der Waals surface area (Å²) in [5.74, 6) is 0.658. The predicted molar refractivity (Wildman–Crippen MR) is 74.6 cm³/mol. The molecule has 0 aliphatic heterocycles. The normalized spacial score (nSPS) is 9.89. The lowest BCUT2D eigenvalue weighted by Crippen LogP contribution is -2.22. The van der Waals surface area contributed by atoms with E-state index in [0.29, 0.717) is 17.1 Å². The van der Waals surface area contributed by atoms with Crippen molar-refractivity contribution in [3.63, 3.8) is 0 Å². The molecule has 0 aliphatic carbocycles. The molecule has 0 aliphatic rings. The van der Waals surface area contributed by atoms with Crippen LogP contribution in [0.1, 0.15) is 11.1 Å². The minimum Gasteiger partial charge on any atom is -0.397 e. The van der Waals surface area contributed by atoms with E-state index >= 15 is 0 Å². The minimum absolute atomic E-state index is 0.497. The van der Waals surface area contributed by atoms with E-state index in [2.05, 4.69) is 16.0 Å². The van der Waals surface area contributed by atoms with Crippen LogP contribution in [0.2, 0.25) is 0 Å². The van der Waals surface area contributed by atoms with Crippen molar-refractivity contribution in [1.82, 2.24) is 9.97 Å². The molecule has 2 aromatic heterocycles. The lowest BCUT2D eigenvalue weighted by Gasteiger charge is -2.19. The van der Waals surface area contributed by atoms with Crippen LogP contribution in [-0.4, -0.2) is 23.6 Å². The van der Waals surface area contributed by atoms with Gasteiger partial charge < -0.3 is 10.6 Å². The minimum atomic E-state index is 0.497. The van der Waals surface area contributed by atoms with Crippen LogP contribution in [0.15, 0.2) is 36.8 Å². The van der Waals surface area contributed by atoms with Crippen molar-refractivity contribution >= 4 is 11.5 Å². The molecule has 5 nitrogen and oxygen atoms in total. The zero-order chi connectivity index (χ0) is 13.7. The summed E-state index contributed by atoms with van der Waals surface area (Å²) >= 11 is 0. The molecule has 0 radical (unpaired) electrons. The third kappa shape index (κ3) is 3.19. The van der Waals surface area contributed by atoms with E-state index in [4.69, 9.17) is 11.0 Å². The Balaban J connectivity index is 2.08. The summed E-state index contributed by atoms with van der Waals surface area (Å²) in [7, 11) is 1.92. The monoisotopic (exact) mass is 253 g/mol. The summed E-state index contributed by atoms with van der Waals surface area (Å²) in [6, 6.07) is 7.73. The molecule has 0 aromatic carbocycles. The van der Waals surface area contributed by atoms with Gasteiger partial charge in [-0.2, -0.15) is 5.26 Å². The fourth-order valence-electron chi connectivity index (χ4n) is 1.81. The zero-order valence-electron chi connectivity index (χ0n) is 10.7. The van der Waals surface area contributed by atoms with Gasteiger partial charge in [0.15, 0.2) is 0 Å². The highest BCUT2D eigenvalue weighted by Gasteiger charge is 2.09. The van der Waals surface area contributed by atoms with Gasteiger partial charge in [-0.25, -0.2) is 4.98 Å². The largest absolute Gasteiger partial charge is 0.397 e. The molecule has 0 unspecified atom stereocenters. The van der Waals surface area contributed by atoms with Crippen molar-refractivity contribution in [2.24, 2.45) is 0 Å². The highest BCUT2D eigenvalue weighted by Crippen LogP contribution is 2.18. The molecule has 2 aromatic rings. The fourth-order valence-corrected chi connectivity index (χ4v) is 1.81. The maximum absolute atomic E-state index is 9.10. The van der Waals surface area contributed by atoms with Crippen LogP contribution in [0.3, 0.4) is 0 Å². The smallest absolute Gasteiger partial charge is 0.146 e. The molecule has 0 saturated heterocycles. The van der Waals surface area contributed by atoms with E-state index < -0.39 is 0 Å². The van der Waals surface area contributed by atoms with Gasteiger partial charge in [-0.05, 0) is 30.2 Å². The van der Waals surface area contributed by atoms with E-state index in [1.54, 1.807) is 24.7 Å². The Morgan fingerprint density at radius 1 is 1.37 bits per heavy atom. The molecule has 2 N–H and O–H groups in total. The SMILES string of the molecule is CN(CCc1ccncc1)c1ncc(N)cc1C#N. The van der Waals surface area contributed by atoms with Gasteiger partial charge in [0, 0.05) is 26.0 Å². The maximum Gasteiger partial charge on any atom is 0.146 e. The lowest BCUT2D eigenvalue weighted by atomic mass is 10.2. The van der Waals surface area contributed by atoms with Gasteiger partial charge in [0.2, 0.25) is 0 Å². The zero-order valence-corrected chi connectivity index (χ0v) is 10.7. The van der Waals surface area contributed by atoms with Crippen LogP contribution in [0, 0.1) is 11.3 Å².